The van der Waals surface area contributed by atoms with E-state index in [4.69, 9.17) is 27.9 Å². The first kappa shape index (κ1) is 19.8. The molecule has 1 amide bonds. The molecule has 2 aromatic carbocycles. The van der Waals surface area contributed by atoms with Gasteiger partial charge in [0, 0.05) is 0 Å². The Bertz CT molecular complexity index is 853. The lowest BCUT2D eigenvalue weighted by Gasteiger charge is -2.09. The highest BCUT2D eigenvalue weighted by atomic mass is 35.5. The zero-order valence-electron chi connectivity index (χ0n) is 14.4. The van der Waals surface area contributed by atoms with Crippen molar-refractivity contribution >= 4 is 40.9 Å². The van der Waals surface area contributed by atoms with E-state index in [-0.39, 0.29) is 10.6 Å². The number of rotatable bonds is 6. The van der Waals surface area contributed by atoms with Gasteiger partial charge in [-0.05, 0) is 41.8 Å². The largest absolute Gasteiger partial charge is 0.493 e. The van der Waals surface area contributed by atoms with E-state index in [0.717, 1.165) is 5.75 Å². The van der Waals surface area contributed by atoms with Gasteiger partial charge in [0.05, 0.1) is 22.3 Å². The first-order chi connectivity index (χ1) is 12.4. The number of benzene rings is 2. The van der Waals surface area contributed by atoms with Gasteiger partial charge in [-0.3, -0.25) is 4.79 Å². The van der Waals surface area contributed by atoms with Gasteiger partial charge in [0.15, 0.2) is 0 Å². The molecule has 0 saturated carbocycles. The number of carbonyl (C=O) groups excluding carboxylic acids is 1. The minimum Gasteiger partial charge on any atom is -0.493 e. The molecule has 1 N–H and O–H groups in total. The number of ether oxygens (including phenoxy) is 1. The van der Waals surface area contributed by atoms with Crippen molar-refractivity contribution in [3.8, 4) is 11.8 Å². The summed E-state index contributed by atoms with van der Waals surface area (Å²) >= 11 is 12.0. The molecule has 0 radical (unpaired) electrons. The van der Waals surface area contributed by atoms with Crippen LogP contribution in [0.5, 0.6) is 5.75 Å². The van der Waals surface area contributed by atoms with Gasteiger partial charge in [-0.2, -0.15) is 5.26 Å². The second kappa shape index (κ2) is 9.28. The second-order valence-corrected chi connectivity index (χ2v) is 6.78. The number of nitriles is 1. The third-order valence-electron chi connectivity index (χ3n) is 3.34. The molecule has 134 valence electrons. The molecule has 0 heterocycles. The third kappa shape index (κ3) is 5.52. The predicted octanol–water partition coefficient (Wildman–Crippen LogP) is 5.57. The summed E-state index contributed by atoms with van der Waals surface area (Å²) in [6, 6.07) is 14.0. The van der Waals surface area contributed by atoms with E-state index in [0.29, 0.717) is 28.8 Å². The minimum atomic E-state index is -0.559. The molecule has 0 aliphatic carbocycles. The molecular formula is C20H18Cl2N2O2. The van der Waals surface area contributed by atoms with Crippen LogP contribution >= 0.6 is 23.2 Å². The minimum absolute atomic E-state index is 0.0445. The summed E-state index contributed by atoms with van der Waals surface area (Å²) in [5, 5.41) is 12.4. The van der Waals surface area contributed by atoms with Gasteiger partial charge in [-0.1, -0.05) is 55.2 Å². The number of halogens is 2. The van der Waals surface area contributed by atoms with Crippen LogP contribution in [0.15, 0.2) is 48.0 Å². The van der Waals surface area contributed by atoms with E-state index in [1.54, 1.807) is 42.5 Å². The number of hydrogen-bond donors (Lipinski definition) is 1. The summed E-state index contributed by atoms with van der Waals surface area (Å²) in [5.41, 5.74) is 1.02. The molecule has 0 aliphatic rings. The number of carbonyl (C=O) groups is 1. The number of anilines is 1. The third-order valence-corrected chi connectivity index (χ3v) is 4.16. The molecule has 0 aliphatic heterocycles. The lowest BCUT2D eigenvalue weighted by molar-refractivity contribution is -0.112. The summed E-state index contributed by atoms with van der Waals surface area (Å²) in [7, 11) is 0. The summed E-state index contributed by atoms with van der Waals surface area (Å²) in [5.74, 6) is 0.614. The number of amides is 1. The Morgan fingerprint density at radius 3 is 2.54 bits per heavy atom. The van der Waals surface area contributed by atoms with Crippen LogP contribution in [0.4, 0.5) is 5.69 Å². The zero-order chi connectivity index (χ0) is 19.1. The van der Waals surface area contributed by atoms with Gasteiger partial charge >= 0.3 is 0 Å². The molecular weight excluding hydrogens is 371 g/mol. The van der Waals surface area contributed by atoms with Gasteiger partial charge in [0.1, 0.15) is 17.4 Å². The summed E-state index contributed by atoms with van der Waals surface area (Å²) in [6.45, 7) is 4.77. The lowest BCUT2D eigenvalue weighted by Crippen LogP contribution is -2.13. The smallest absolute Gasteiger partial charge is 0.266 e. The molecule has 0 aromatic heterocycles. The van der Waals surface area contributed by atoms with Crippen molar-refractivity contribution < 1.29 is 9.53 Å². The predicted molar refractivity (Wildman–Crippen MR) is 105 cm³/mol. The summed E-state index contributed by atoms with van der Waals surface area (Å²) in [6.07, 6.45) is 1.50. The maximum atomic E-state index is 12.3. The van der Waals surface area contributed by atoms with Gasteiger partial charge in [0.2, 0.25) is 0 Å². The molecule has 26 heavy (non-hydrogen) atoms. The Morgan fingerprint density at radius 1 is 1.23 bits per heavy atom. The highest BCUT2D eigenvalue weighted by Gasteiger charge is 2.12. The number of nitrogens with zero attached hydrogens (tertiary/aromatic N) is 1. The SMILES string of the molecule is CC(C)COc1ccc(/C=C(/C#N)C(=O)Nc2cccc(Cl)c2Cl)cc1. The Hall–Kier alpha value is -2.48. The van der Waals surface area contributed by atoms with E-state index >= 15 is 0 Å². The Morgan fingerprint density at radius 2 is 1.92 bits per heavy atom. The molecule has 6 heteroatoms. The quantitative estimate of drug-likeness (QED) is 0.519. The number of hydrogen-bond acceptors (Lipinski definition) is 3. The maximum absolute atomic E-state index is 12.3. The van der Waals surface area contributed by atoms with Crippen LogP contribution in [-0.2, 0) is 4.79 Å². The topological polar surface area (TPSA) is 62.1 Å². The summed E-state index contributed by atoms with van der Waals surface area (Å²) < 4.78 is 5.61. The molecule has 0 bridgehead atoms. The van der Waals surface area contributed by atoms with Crippen molar-refractivity contribution in [3.05, 3.63) is 63.6 Å². The van der Waals surface area contributed by atoms with Gasteiger partial charge in [0.25, 0.3) is 5.91 Å². The highest BCUT2D eigenvalue weighted by molar-refractivity contribution is 6.44. The Labute approximate surface area is 163 Å². The van der Waals surface area contributed by atoms with Crippen LogP contribution in [0.3, 0.4) is 0 Å². The zero-order valence-corrected chi connectivity index (χ0v) is 15.9. The van der Waals surface area contributed by atoms with Crippen molar-refractivity contribution in [3.63, 3.8) is 0 Å². The van der Waals surface area contributed by atoms with Crippen LogP contribution in [0.25, 0.3) is 6.08 Å². The van der Waals surface area contributed by atoms with Gasteiger partial charge < -0.3 is 10.1 Å². The number of nitrogens with one attached hydrogen (secondary N) is 1. The Kier molecular flexibility index (Phi) is 7.08. The van der Waals surface area contributed by atoms with Crippen molar-refractivity contribution in [2.45, 2.75) is 13.8 Å². The molecule has 4 nitrogen and oxygen atoms in total. The molecule has 2 rings (SSSR count). The van der Waals surface area contributed by atoms with E-state index < -0.39 is 5.91 Å². The Balaban J connectivity index is 2.13. The maximum Gasteiger partial charge on any atom is 0.266 e. The standard InChI is InChI=1S/C20H18Cl2N2O2/c1-13(2)12-26-16-8-6-14(7-9-16)10-15(11-23)20(25)24-18-5-3-4-17(21)19(18)22/h3-10,13H,12H2,1-2H3,(H,24,25)/b15-10-. The van der Waals surface area contributed by atoms with Crippen LogP contribution in [-0.4, -0.2) is 12.5 Å². The average molecular weight is 389 g/mol. The molecule has 0 unspecified atom stereocenters. The van der Waals surface area contributed by atoms with Crippen molar-refractivity contribution in [2.24, 2.45) is 5.92 Å². The van der Waals surface area contributed by atoms with Crippen LogP contribution in [0.1, 0.15) is 19.4 Å². The second-order valence-electron chi connectivity index (χ2n) is 6.00. The molecule has 0 spiro atoms. The van der Waals surface area contributed by atoms with E-state index in [1.165, 1.54) is 6.08 Å². The fourth-order valence-corrected chi connectivity index (χ4v) is 2.38. The normalized spacial score (nSPS) is 11.2. The van der Waals surface area contributed by atoms with Gasteiger partial charge in [-0.15, -0.1) is 0 Å². The van der Waals surface area contributed by atoms with Crippen LogP contribution < -0.4 is 10.1 Å². The van der Waals surface area contributed by atoms with Crippen molar-refractivity contribution in [2.75, 3.05) is 11.9 Å². The van der Waals surface area contributed by atoms with E-state index in [2.05, 4.69) is 19.2 Å². The van der Waals surface area contributed by atoms with Crippen LogP contribution in [0.2, 0.25) is 10.0 Å². The first-order valence-electron chi connectivity index (χ1n) is 8.00. The van der Waals surface area contributed by atoms with Crippen molar-refractivity contribution in [1.82, 2.24) is 0 Å². The van der Waals surface area contributed by atoms with E-state index in [1.807, 2.05) is 6.07 Å². The average Bonchev–Trinajstić information content (AvgIpc) is 2.62. The molecule has 0 atom stereocenters. The molecule has 2 aromatic rings. The monoisotopic (exact) mass is 388 g/mol. The van der Waals surface area contributed by atoms with Crippen molar-refractivity contribution in [1.29, 1.82) is 5.26 Å². The molecule has 0 saturated heterocycles. The first-order valence-corrected chi connectivity index (χ1v) is 8.76. The van der Waals surface area contributed by atoms with E-state index in [9.17, 15) is 10.1 Å². The van der Waals surface area contributed by atoms with Crippen LogP contribution in [0, 0.1) is 17.2 Å². The highest BCUT2D eigenvalue weighted by Crippen LogP contribution is 2.29. The molecule has 0 fully saturated rings. The fourth-order valence-electron chi connectivity index (χ4n) is 2.03. The summed E-state index contributed by atoms with van der Waals surface area (Å²) in [4.78, 5) is 12.3. The lowest BCUT2D eigenvalue weighted by atomic mass is 10.1. The fraction of sp³-hybridized carbons (Fsp3) is 0.200. The van der Waals surface area contributed by atoms with Gasteiger partial charge in [-0.25, -0.2) is 0 Å².